The fourth-order valence-electron chi connectivity index (χ4n) is 2.22. The lowest BCUT2D eigenvalue weighted by atomic mass is 9.91. The van der Waals surface area contributed by atoms with E-state index in [-0.39, 0.29) is 18.1 Å². The predicted octanol–water partition coefficient (Wildman–Crippen LogP) is 2.67. The van der Waals surface area contributed by atoms with Crippen molar-refractivity contribution in [3.8, 4) is 0 Å². The summed E-state index contributed by atoms with van der Waals surface area (Å²) in [4.78, 5) is 18.5. The summed E-state index contributed by atoms with van der Waals surface area (Å²) in [6.07, 6.45) is -0.316. The molecule has 5 heteroatoms. The van der Waals surface area contributed by atoms with E-state index in [0.717, 1.165) is 11.3 Å². The molecule has 0 spiro atoms. The second-order valence-electron chi connectivity index (χ2n) is 5.50. The fraction of sp³-hybridized carbons (Fsp3) is 0.467. The van der Waals surface area contributed by atoms with Gasteiger partial charge in [-0.05, 0) is 5.56 Å². The summed E-state index contributed by atoms with van der Waals surface area (Å²) in [5.41, 5.74) is 1.66. The molecule has 108 valence electrons. The lowest BCUT2D eigenvalue weighted by molar-refractivity contribution is 0.101. The highest BCUT2D eigenvalue weighted by atomic mass is 16.6. The Morgan fingerprint density at radius 3 is 2.70 bits per heavy atom. The van der Waals surface area contributed by atoms with E-state index in [0.29, 0.717) is 13.1 Å². The maximum absolute atomic E-state index is 12.1. The summed E-state index contributed by atoms with van der Waals surface area (Å²) in [5, 5.41) is 3.99. The normalized spacial score (nSPS) is 19.1. The highest BCUT2D eigenvalue weighted by Gasteiger charge is 2.39. The van der Waals surface area contributed by atoms with E-state index in [1.165, 1.54) is 7.11 Å². The molecule has 0 aromatic heterocycles. The number of benzene rings is 1. The van der Waals surface area contributed by atoms with Crippen molar-refractivity contribution in [1.82, 2.24) is 4.90 Å². The van der Waals surface area contributed by atoms with Gasteiger partial charge in [0.15, 0.2) is 0 Å². The number of ether oxygens (including phenoxy) is 1. The zero-order valence-corrected chi connectivity index (χ0v) is 12.1. The van der Waals surface area contributed by atoms with Crippen LogP contribution in [0.2, 0.25) is 0 Å². The third-order valence-corrected chi connectivity index (χ3v) is 3.37. The van der Waals surface area contributed by atoms with Gasteiger partial charge in [0, 0.05) is 12.0 Å². The zero-order chi connectivity index (χ0) is 14.6. The van der Waals surface area contributed by atoms with Crippen LogP contribution in [0.4, 0.5) is 4.79 Å². The average Bonchev–Trinajstić information content (AvgIpc) is 2.73. The Morgan fingerprint density at radius 2 is 2.05 bits per heavy atom. The highest BCUT2D eigenvalue weighted by molar-refractivity contribution is 5.96. The van der Waals surface area contributed by atoms with Crippen LogP contribution in [0.25, 0.3) is 0 Å². The van der Waals surface area contributed by atoms with Crippen LogP contribution in [-0.4, -0.2) is 36.9 Å². The fourth-order valence-corrected chi connectivity index (χ4v) is 2.22. The first-order valence-electron chi connectivity index (χ1n) is 6.59. The summed E-state index contributed by atoms with van der Waals surface area (Å²) in [6, 6.07) is 9.64. The number of rotatable bonds is 3. The maximum atomic E-state index is 12.1. The van der Waals surface area contributed by atoms with Gasteiger partial charge < -0.3 is 14.5 Å². The van der Waals surface area contributed by atoms with Crippen LogP contribution >= 0.6 is 0 Å². The van der Waals surface area contributed by atoms with E-state index in [1.54, 1.807) is 4.90 Å². The number of hydrogen-bond donors (Lipinski definition) is 0. The van der Waals surface area contributed by atoms with Crippen molar-refractivity contribution < 1.29 is 14.4 Å². The Bertz CT molecular complexity index is 497. The zero-order valence-electron chi connectivity index (χ0n) is 12.1. The predicted molar refractivity (Wildman–Crippen MR) is 76.4 cm³/mol. The van der Waals surface area contributed by atoms with E-state index < -0.39 is 0 Å². The first-order chi connectivity index (χ1) is 9.53. The van der Waals surface area contributed by atoms with E-state index in [2.05, 4.69) is 5.16 Å². The van der Waals surface area contributed by atoms with Gasteiger partial charge in [-0.25, -0.2) is 4.79 Å². The molecule has 1 aliphatic rings. The van der Waals surface area contributed by atoms with E-state index in [1.807, 2.05) is 44.2 Å². The quantitative estimate of drug-likeness (QED) is 0.797. The van der Waals surface area contributed by atoms with Crippen LogP contribution < -0.4 is 0 Å². The molecule has 0 unspecified atom stereocenters. The van der Waals surface area contributed by atoms with Crippen molar-refractivity contribution >= 4 is 11.8 Å². The van der Waals surface area contributed by atoms with Crippen LogP contribution in [0.15, 0.2) is 35.5 Å². The van der Waals surface area contributed by atoms with Gasteiger partial charge in [-0.1, -0.05) is 49.3 Å². The number of carbonyl (C=O) groups is 1. The van der Waals surface area contributed by atoms with Gasteiger partial charge >= 0.3 is 6.09 Å². The minimum Gasteiger partial charge on any atom is -0.445 e. The SMILES string of the molecule is CON=C1CN(C(=O)OCc2ccccc2)CC1(C)C. The summed E-state index contributed by atoms with van der Waals surface area (Å²) < 4.78 is 5.32. The molecule has 2 rings (SSSR count). The average molecular weight is 276 g/mol. The first-order valence-corrected chi connectivity index (χ1v) is 6.59. The molecule has 1 aliphatic heterocycles. The molecule has 1 heterocycles. The summed E-state index contributed by atoms with van der Waals surface area (Å²) >= 11 is 0. The molecular weight excluding hydrogens is 256 g/mol. The molecule has 0 saturated carbocycles. The highest BCUT2D eigenvalue weighted by Crippen LogP contribution is 2.27. The van der Waals surface area contributed by atoms with Crippen molar-refractivity contribution in [3.05, 3.63) is 35.9 Å². The molecule has 1 amide bonds. The molecular formula is C15H20N2O3. The van der Waals surface area contributed by atoms with Crippen LogP contribution in [0, 0.1) is 5.41 Å². The lowest BCUT2D eigenvalue weighted by Crippen LogP contribution is -2.30. The number of carbonyl (C=O) groups excluding carboxylic acids is 1. The summed E-state index contributed by atoms with van der Waals surface area (Å²) in [7, 11) is 1.51. The van der Waals surface area contributed by atoms with Gasteiger partial charge in [-0.3, -0.25) is 0 Å². The molecule has 1 fully saturated rings. The van der Waals surface area contributed by atoms with Gasteiger partial charge in [0.05, 0.1) is 12.3 Å². The maximum Gasteiger partial charge on any atom is 0.410 e. The van der Waals surface area contributed by atoms with Gasteiger partial charge in [0.25, 0.3) is 0 Å². The standard InChI is InChI=1S/C15H20N2O3/c1-15(2)11-17(9-13(15)16-19-3)14(18)20-10-12-7-5-4-6-8-12/h4-8H,9-11H2,1-3H3. The molecule has 0 aliphatic carbocycles. The number of nitrogens with zero attached hydrogens (tertiary/aromatic N) is 2. The second kappa shape index (κ2) is 5.94. The van der Waals surface area contributed by atoms with Crippen molar-refractivity contribution in [2.24, 2.45) is 10.6 Å². The Kier molecular flexibility index (Phi) is 4.27. The Morgan fingerprint density at radius 1 is 1.35 bits per heavy atom. The van der Waals surface area contributed by atoms with Crippen LogP contribution in [0.1, 0.15) is 19.4 Å². The molecule has 1 saturated heterocycles. The molecule has 20 heavy (non-hydrogen) atoms. The van der Waals surface area contributed by atoms with E-state index in [4.69, 9.17) is 9.57 Å². The lowest BCUT2D eigenvalue weighted by Gasteiger charge is -2.18. The number of likely N-dealkylation sites (tertiary alicyclic amines) is 1. The molecule has 0 atom stereocenters. The minimum absolute atomic E-state index is 0.179. The van der Waals surface area contributed by atoms with Crippen molar-refractivity contribution in [2.75, 3.05) is 20.2 Å². The largest absolute Gasteiger partial charge is 0.445 e. The third kappa shape index (κ3) is 3.29. The smallest absolute Gasteiger partial charge is 0.410 e. The van der Waals surface area contributed by atoms with Gasteiger partial charge in [0.2, 0.25) is 0 Å². The Labute approximate surface area is 119 Å². The monoisotopic (exact) mass is 276 g/mol. The van der Waals surface area contributed by atoms with Crippen molar-refractivity contribution in [2.45, 2.75) is 20.5 Å². The van der Waals surface area contributed by atoms with Crippen molar-refractivity contribution in [1.29, 1.82) is 0 Å². The first kappa shape index (κ1) is 14.4. The third-order valence-electron chi connectivity index (χ3n) is 3.37. The molecule has 0 N–H and O–H groups in total. The Balaban J connectivity index is 1.93. The molecule has 1 aromatic rings. The molecule has 0 bridgehead atoms. The topological polar surface area (TPSA) is 51.1 Å². The second-order valence-corrected chi connectivity index (χ2v) is 5.50. The van der Waals surface area contributed by atoms with Crippen molar-refractivity contribution in [3.63, 3.8) is 0 Å². The van der Waals surface area contributed by atoms with Crippen LogP contribution in [-0.2, 0) is 16.2 Å². The number of hydrogen-bond acceptors (Lipinski definition) is 4. The number of amides is 1. The van der Waals surface area contributed by atoms with Gasteiger partial charge in [0.1, 0.15) is 13.7 Å². The molecule has 0 radical (unpaired) electrons. The van der Waals surface area contributed by atoms with E-state index >= 15 is 0 Å². The van der Waals surface area contributed by atoms with Crippen LogP contribution in [0.3, 0.4) is 0 Å². The minimum atomic E-state index is -0.316. The number of oxime groups is 1. The Hall–Kier alpha value is -2.04. The molecule has 5 nitrogen and oxygen atoms in total. The van der Waals surface area contributed by atoms with Gasteiger partial charge in [-0.15, -0.1) is 0 Å². The van der Waals surface area contributed by atoms with Crippen LogP contribution in [0.5, 0.6) is 0 Å². The van der Waals surface area contributed by atoms with E-state index in [9.17, 15) is 4.79 Å². The molecule has 1 aromatic carbocycles. The summed E-state index contributed by atoms with van der Waals surface area (Å²) in [6.45, 7) is 5.40. The summed E-state index contributed by atoms with van der Waals surface area (Å²) in [5.74, 6) is 0. The van der Waals surface area contributed by atoms with Gasteiger partial charge in [-0.2, -0.15) is 0 Å².